The Morgan fingerprint density at radius 1 is 0.512 bits per heavy atom. The molecule has 0 aromatic rings. The Balaban J connectivity index is 3.53. The molecule has 43 heavy (non-hydrogen) atoms. The number of carbonyl (C=O) groups is 2. The van der Waals surface area contributed by atoms with Crippen molar-refractivity contribution in [3.05, 3.63) is 12.2 Å². The lowest BCUT2D eigenvalue weighted by Crippen LogP contribution is -2.28. The molecule has 0 radical (unpaired) electrons. The van der Waals surface area contributed by atoms with Gasteiger partial charge in [0.2, 0.25) is 0 Å². The van der Waals surface area contributed by atoms with E-state index in [0.717, 1.165) is 38.5 Å². The van der Waals surface area contributed by atoms with Gasteiger partial charge in [-0.25, -0.2) is 0 Å². The number of esters is 2. The first-order valence-corrected chi connectivity index (χ1v) is 18.7. The first kappa shape index (κ1) is 41.6. The Bertz CT molecular complexity index is 617. The summed E-state index contributed by atoms with van der Waals surface area (Å²) in [6.07, 6.45) is 38.4. The summed E-state index contributed by atoms with van der Waals surface area (Å²) in [5, 5.41) is 9.52. The van der Waals surface area contributed by atoms with E-state index in [1.807, 2.05) is 0 Å². The number of rotatable bonds is 34. The van der Waals surface area contributed by atoms with Crippen molar-refractivity contribution in [3.63, 3.8) is 0 Å². The second kappa shape index (κ2) is 35.1. The molecule has 0 fully saturated rings. The zero-order chi connectivity index (χ0) is 31.5. The third-order valence-electron chi connectivity index (χ3n) is 8.31. The number of hydrogen-bond donors (Lipinski definition) is 1. The summed E-state index contributed by atoms with van der Waals surface area (Å²) in [6, 6.07) is 0. The standard InChI is InChI=1S/C38H72O5/c1-3-5-7-9-11-13-15-17-18-19-20-21-23-24-26-28-30-32-37(40)42-35-36(34-39)43-38(41)33-31-29-27-25-22-16-14-12-10-8-6-4-2/h17-18,36,39H,3-16,19-35H2,1-2H3/b18-17+/t36-/m0/s1. The lowest BCUT2D eigenvalue weighted by molar-refractivity contribution is -0.161. The van der Waals surface area contributed by atoms with E-state index < -0.39 is 6.10 Å². The van der Waals surface area contributed by atoms with Gasteiger partial charge in [-0.1, -0.05) is 161 Å². The van der Waals surface area contributed by atoms with E-state index >= 15 is 0 Å². The van der Waals surface area contributed by atoms with Crippen molar-refractivity contribution in [2.24, 2.45) is 0 Å². The molecule has 0 aliphatic heterocycles. The van der Waals surface area contributed by atoms with Crippen LogP contribution >= 0.6 is 0 Å². The van der Waals surface area contributed by atoms with E-state index in [-0.39, 0.29) is 25.2 Å². The predicted molar refractivity (Wildman–Crippen MR) is 182 cm³/mol. The van der Waals surface area contributed by atoms with Crippen LogP contribution in [-0.2, 0) is 19.1 Å². The van der Waals surface area contributed by atoms with Gasteiger partial charge in [0.25, 0.3) is 0 Å². The highest BCUT2D eigenvalue weighted by molar-refractivity contribution is 5.70. The van der Waals surface area contributed by atoms with Gasteiger partial charge in [-0.2, -0.15) is 0 Å². The van der Waals surface area contributed by atoms with Gasteiger partial charge in [0.15, 0.2) is 6.10 Å². The fraction of sp³-hybridized carbons (Fsp3) is 0.895. The van der Waals surface area contributed by atoms with Crippen molar-refractivity contribution in [1.82, 2.24) is 0 Å². The average Bonchev–Trinajstić information content (AvgIpc) is 3.01. The van der Waals surface area contributed by atoms with Crippen LogP contribution in [0, 0.1) is 0 Å². The highest BCUT2D eigenvalue weighted by atomic mass is 16.6. The number of aliphatic hydroxyl groups is 1. The van der Waals surface area contributed by atoms with Gasteiger partial charge >= 0.3 is 11.9 Å². The highest BCUT2D eigenvalue weighted by Gasteiger charge is 2.16. The first-order valence-electron chi connectivity index (χ1n) is 18.7. The van der Waals surface area contributed by atoms with Crippen LogP contribution in [0.15, 0.2) is 12.2 Å². The molecule has 5 heteroatoms. The Morgan fingerprint density at radius 2 is 0.860 bits per heavy atom. The Morgan fingerprint density at radius 3 is 1.26 bits per heavy atom. The summed E-state index contributed by atoms with van der Waals surface area (Å²) in [6.45, 7) is 4.13. The molecule has 0 unspecified atom stereocenters. The minimum absolute atomic E-state index is 0.0626. The van der Waals surface area contributed by atoms with Crippen LogP contribution in [0.5, 0.6) is 0 Å². The number of allylic oxidation sites excluding steroid dienone is 2. The maximum absolute atomic E-state index is 12.1. The van der Waals surface area contributed by atoms with Crippen molar-refractivity contribution >= 4 is 11.9 Å². The van der Waals surface area contributed by atoms with Crippen molar-refractivity contribution < 1.29 is 24.2 Å². The first-order chi connectivity index (χ1) is 21.1. The van der Waals surface area contributed by atoms with E-state index in [0.29, 0.717) is 12.8 Å². The minimum Gasteiger partial charge on any atom is -0.462 e. The molecule has 1 atom stereocenters. The quantitative estimate of drug-likeness (QED) is 0.0447. The van der Waals surface area contributed by atoms with Crippen LogP contribution in [0.3, 0.4) is 0 Å². The zero-order valence-electron chi connectivity index (χ0n) is 28.7. The molecule has 0 aliphatic carbocycles. The van der Waals surface area contributed by atoms with Crippen LogP contribution in [0.2, 0.25) is 0 Å². The number of aliphatic hydroxyl groups excluding tert-OH is 1. The van der Waals surface area contributed by atoms with Crippen LogP contribution < -0.4 is 0 Å². The summed E-state index contributed by atoms with van der Waals surface area (Å²) in [5.41, 5.74) is 0. The van der Waals surface area contributed by atoms with Crippen molar-refractivity contribution in [1.29, 1.82) is 0 Å². The number of unbranched alkanes of at least 4 members (excludes halogenated alkanes) is 24. The van der Waals surface area contributed by atoms with Crippen molar-refractivity contribution in [2.45, 2.75) is 206 Å². The van der Waals surface area contributed by atoms with Crippen LogP contribution in [0.25, 0.3) is 0 Å². The topological polar surface area (TPSA) is 72.8 Å². The molecule has 0 bridgehead atoms. The third kappa shape index (κ3) is 33.4. The molecule has 1 N–H and O–H groups in total. The van der Waals surface area contributed by atoms with Crippen molar-refractivity contribution in [3.8, 4) is 0 Å². The molecular weight excluding hydrogens is 536 g/mol. The summed E-state index contributed by atoms with van der Waals surface area (Å²) >= 11 is 0. The molecule has 0 aromatic heterocycles. The smallest absolute Gasteiger partial charge is 0.306 e. The average molecular weight is 609 g/mol. The second-order valence-corrected chi connectivity index (χ2v) is 12.7. The lowest BCUT2D eigenvalue weighted by Gasteiger charge is -2.15. The van der Waals surface area contributed by atoms with Crippen LogP contribution in [-0.4, -0.2) is 36.4 Å². The molecule has 0 spiro atoms. The molecule has 0 saturated heterocycles. The molecule has 0 amide bonds. The van der Waals surface area contributed by atoms with Gasteiger partial charge in [0.1, 0.15) is 6.61 Å². The van der Waals surface area contributed by atoms with E-state index in [1.165, 1.54) is 135 Å². The number of carbonyl (C=O) groups excluding carboxylic acids is 2. The molecule has 0 aromatic carbocycles. The van der Waals surface area contributed by atoms with Gasteiger partial charge in [-0.05, 0) is 38.5 Å². The summed E-state index contributed by atoms with van der Waals surface area (Å²) in [5.74, 6) is -0.588. The fourth-order valence-electron chi connectivity index (χ4n) is 5.43. The summed E-state index contributed by atoms with van der Waals surface area (Å²) < 4.78 is 10.6. The van der Waals surface area contributed by atoms with E-state index in [9.17, 15) is 14.7 Å². The maximum atomic E-state index is 12.1. The van der Waals surface area contributed by atoms with Gasteiger partial charge in [-0.3, -0.25) is 9.59 Å². The zero-order valence-corrected chi connectivity index (χ0v) is 28.7. The van der Waals surface area contributed by atoms with Gasteiger partial charge < -0.3 is 14.6 Å². The monoisotopic (exact) mass is 609 g/mol. The second-order valence-electron chi connectivity index (χ2n) is 12.7. The van der Waals surface area contributed by atoms with E-state index in [4.69, 9.17) is 9.47 Å². The molecule has 0 rings (SSSR count). The molecule has 0 aliphatic rings. The minimum atomic E-state index is -0.765. The Kier molecular flexibility index (Phi) is 34.0. The Labute approximate surface area is 267 Å². The largest absolute Gasteiger partial charge is 0.462 e. The summed E-state index contributed by atoms with van der Waals surface area (Å²) in [4.78, 5) is 24.2. The van der Waals surface area contributed by atoms with Gasteiger partial charge in [0, 0.05) is 12.8 Å². The highest BCUT2D eigenvalue weighted by Crippen LogP contribution is 2.14. The maximum Gasteiger partial charge on any atom is 0.306 e. The summed E-state index contributed by atoms with van der Waals surface area (Å²) in [7, 11) is 0. The molecular formula is C38H72O5. The number of ether oxygens (including phenoxy) is 2. The third-order valence-corrected chi connectivity index (χ3v) is 8.31. The molecule has 5 nitrogen and oxygen atoms in total. The van der Waals surface area contributed by atoms with Crippen LogP contribution in [0.4, 0.5) is 0 Å². The van der Waals surface area contributed by atoms with Crippen molar-refractivity contribution in [2.75, 3.05) is 13.2 Å². The SMILES string of the molecule is CCCCCCCC/C=C/CCCCCCCCCC(=O)OC[C@H](CO)OC(=O)CCCCCCCCCCCCCC. The van der Waals surface area contributed by atoms with Crippen LogP contribution in [0.1, 0.15) is 200 Å². The van der Waals surface area contributed by atoms with Gasteiger partial charge in [0.05, 0.1) is 6.61 Å². The Hall–Kier alpha value is -1.36. The normalized spacial score (nSPS) is 12.2. The number of hydrogen-bond acceptors (Lipinski definition) is 5. The van der Waals surface area contributed by atoms with E-state index in [2.05, 4.69) is 26.0 Å². The lowest BCUT2D eigenvalue weighted by atomic mass is 10.0. The predicted octanol–water partition coefficient (Wildman–Crippen LogP) is 11.3. The van der Waals surface area contributed by atoms with Gasteiger partial charge in [-0.15, -0.1) is 0 Å². The molecule has 254 valence electrons. The molecule has 0 saturated carbocycles. The fourth-order valence-corrected chi connectivity index (χ4v) is 5.43. The van der Waals surface area contributed by atoms with E-state index in [1.54, 1.807) is 0 Å². The molecule has 0 heterocycles.